The minimum Gasteiger partial charge on any atom is -0.322 e. The Balaban J connectivity index is 2.02. The third kappa shape index (κ3) is 4.28. The van der Waals surface area contributed by atoms with E-state index in [4.69, 9.17) is 0 Å². The van der Waals surface area contributed by atoms with E-state index in [1.54, 1.807) is 30.3 Å². The molecular formula is C21H24N2O3S. The lowest BCUT2D eigenvalue weighted by atomic mass is 10.1. The molecule has 0 aliphatic rings. The number of hydrogen-bond donors (Lipinski definition) is 1. The summed E-state index contributed by atoms with van der Waals surface area (Å²) in [5, 5.41) is 0.879. The van der Waals surface area contributed by atoms with Crippen molar-refractivity contribution in [3.05, 3.63) is 76.1 Å². The number of H-pyrrole nitrogens is 1. The second-order valence-corrected chi connectivity index (χ2v) is 9.15. The molecule has 0 fully saturated rings. The average molecular weight is 385 g/mol. The summed E-state index contributed by atoms with van der Waals surface area (Å²) in [5.41, 5.74) is 1.91. The standard InChI is InChI=1S/C21H24N2O3S/c1-15(2)13-23(27(25,26)19-10-8-16(3)9-11-19)14-18-12-17-6-4-5-7-20(17)22-21(18)24/h4-12,15H,13-14H2,1-3H3,(H,22,24). The number of rotatable bonds is 6. The topological polar surface area (TPSA) is 70.2 Å². The van der Waals surface area contributed by atoms with Crippen LogP contribution in [0.1, 0.15) is 25.0 Å². The molecule has 1 N–H and O–H groups in total. The third-order valence-electron chi connectivity index (χ3n) is 4.40. The Morgan fingerprint density at radius 2 is 1.70 bits per heavy atom. The smallest absolute Gasteiger partial charge is 0.252 e. The van der Waals surface area contributed by atoms with E-state index in [9.17, 15) is 13.2 Å². The summed E-state index contributed by atoms with van der Waals surface area (Å²) in [5.74, 6) is 0.129. The maximum atomic E-state index is 13.2. The molecule has 0 radical (unpaired) electrons. The molecule has 2 aromatic carbocycles. The summed E-state index contributed by atoms with van der Waals surface area (Å²) >= 11 is 0. The molecule has 0 aliphatic heterocycles. The number of nitrogens with one attached hydrogen (secondary N) is 1. The van der Waals surface area contributed by atoms with E-state index in [1.165, 1.54) is 4.31 Å². The van der Waals surface area contributed by atoms with Crippen molar-refractivity contribution in [2.45, 2.75) is 32.2 Å². The van der Waals surface area contributed by atoms with E-state index < -0.39 is 10.0 Å². The molecule has 27 heavy (non-hydrogen) atoms. The maximum Gasteiger partial charge on any atom is 0.252 e. The van der Waals surface area contributed by atoms with Crippen LogP contribution in [-0.2, 0) is 16.6 Å². The highest BCUT2D eigenvalue weighted by Gasteiger charge is 2.26. The molecular weight excluding hydrogens is 360 g/mol. The van der Waals surface area contributed by atoms with Gasteiger partial charge in [0.05, 0.1) is 4.90 Å². The number of nitrogens with zero attached hydrogens (tertiary/aromatic N) is 1. The van der Waals surface area contributed by atoms with Crippen LogP contribution < -0.4 is 5.56 Å². The lowest BCUT2D eigenvalue weighted by Gasteiger charge is -2.24. The van der Waals surface area contributed by atoms with Gasteiger partial charge in [-0.1, -0.05) is 49.7 Å². The summed E-state index contributed by atoms with van der Waals surface area (Å²) in [6.07, 6.45) is 0. The molecule has 1 heterocycles. The minimum absolute atomic E-state index is 0.0363. The Kier molecular flexibility index (Phi) is 5.48. The first-order valence-corrected chi connectivity index (χ1v) is 10.4. The zero-order valence-electron chi connectivity index (χ0n) is 15.8. The number of aryl methyl sites for hydroxylation is 1. The third-order valence-corrected chi connectivity index (χ3v) is 6.23. The summed E-state index contributed by atoms with van der Waals surface area (Å²) < 4.78 is 27.7. The van der Waals surface area contributed by atoms with Crippen molar-refractivity contribution in [1.29, 1.82) is 0 Å². The Morgan fingerprint density at radius 3 is 2.37 bits per heavy atom. The quantitative estimate of drug-likeness (QED) is 0.705. The molecule has 0 bridgehead atoms. The predicted octanol–water partition coefficient (Wildman–Crippen LogP) is 3.68. The molecule has 0 spiro atoms. The van der Waals surface area contributed by atoms with Gasteiger partial charge < -0.3 is 4.98 Å². The maximum absolute atomic E-state index is 13.2. The van der Waals surface area contributed by atoms with Crippen molar-refractivity contribution in [2.75, 3.05) is 6.54 Å². The van der Waals surface area contributed by atoms with Crippen LogP contribution in [0.25, 0.3) is 10.9 Å². The first-order valence-electron chi connectivity index (χ1n) is 8.95. The first-order chi connectivity index (χ1) is 12.8. The molecule has 3 aromatic rings. The lowest BCUT2D eigenvalue weighted by molar-refractivity contribution is 0.361. The van der Waals surface area contributed by atoms with Gasteiger partial charge in [0.1, 0.15) is 0 Å². The monoisotopic (exact) mass is 384 g/mol. The van der Waals surface area contributed by atoms with Gasteiger partial charge in [-0.25, -0.2) is 8.42 Å². The van der Waals surface area contributed by atoms with Crippen LogP contribution in [0.4, 0.5) is 0 Å². The Labute approximate surface area is 159 Å². The molecule has 5 nitrogen and oxygen atoms in total. The number of pyridine rings is 1. The van der Waals surface area contributed by atoms with Crippen LogP contribution >= 0.6 is 0 Å². The largest absolute Gasteiger partial charge is 0.322 e. The Hall–Kier alpha value is -2.44. The van der Waals surface area contributed by atoms with Gasteiger partial charge in [0, 0.05) is 24.2 Å². The number of fused-ring (bicyclic) bond motifs is 1. The second kappa shape index (κ2) is 7.66. The van der Waals surface area contributed by atoms with E-state index in [0.717, 1.165) is 16.5 Å². The fourth-order valence-electron chi connectivity index (χ4n) is 3.01. The van der Waals surface area contributed by atoms with Crippen LogP contribution in [0, 0.1) is 12.8 Å². The van der Waals surface area contributed by atoms with Crippen molar-refractivity contribution < 1.29 is 8.42 Å². The summed E-state index contributed by atoms with van der Waals surface area (Å²) in [6, 6.07) is 16.0. The van der Waals surface area contributed by atoms with E-state index in [-0.39, 0.29) is 22.9 Å². The van der Waals surface area contributed by atoms with Crippen molar-refractivity contribution in [3.8, 4) is 0 Å². The molecule has 0 saturated carbocycles. The van der Waals surface area contributed by atoms with E-state index >= 15 is 0 Å². The van der Waals surface area contributed by atoms with Crippen LogP contribution in [0.5, 0.6) is 0 Å². The Morgan fingerprint density at radius 1 is 1.04 bits per heavy atom. The molecule has 0 amide bonds. The van der Waals surface area contributed by atoms with Gasteiger partial charge >= 0.3 is 0 Å². The highest BCUT2D eigenvalue weighted by Crippen LogP contribution is 2.20. The average Bonchev–Trinajstić information content (AvgIpc) is 2.61. The fourth-order valence-corrected chi connectivity index (χ4v) is 4.60. The molecule has 0 unspecified atom stereocenters. The highest BCUT2D eigenvalue weighted by molar-refractivity contribution is 7.89. The fraction of sp³-hybridized carbons (Fsp3) is 0.286. The number of para-hydroxylation sites is 1. The van der Waals surface area contributed by atoms with Crippen LogP contribution in [0.2, 0.25) is 0 Å². The predicted molar refractivity (Wildman–Crippen MR) is 108 cm³/mol. The molecule has 1 aromatic heterocycles. The lowest BCUT2D eigenvalue weighted by Crippen LogP contribution is -2.35. The number of hydrogen-bond acceptors (Lipinski definition) is 3. The highest BCUT2D eigenvalue weighted by atomic mass is 32.2. The van der Waals surface area contributed by atoms with E-state index in [0.29, 0.717) is 12.1 Å². The number of aromatic amines is 1. The molecule has 6 heteroatoms. The van der Waals surface area contributed by atoms with Crippen molar-refractivity contribution in [3.63, 3.8) is 0 Å². The van der Waals surface area contributed by atoms with Crippen molar-refractivity contribution >= 4 is 20.9 Å². The Bertz CT molecular complexity index is 1100. The van der Waals surface area contributed by atoms with E-state index in [2.05, 4.69) is 4.98 Å². The molecule has 3 rings (SSSR count). The van der Waals surface area contributed by atoms with Gasteiger partial charge in [0.25, 0.3) is 5.56 Å². The van der Waals surface area contributed by atoms with Gasteiger partial charge in [-0.2, -0.15) is 4.31 Å². The zero-order valence-corrected chi connectivity index (χ0v) is 16.6. The van der Waals surface area contributed by atoms with Crippen LogP contribution in [0.15, 0.2) is 64.3 Å². The SMILES string of the molecule is Cc1ccc(S(=O)(=O)N(Cc2cc3ccccc3[nH]c2=O)CC(C)C)cc1. The summed E-state index contributed by atoms with van der Waals surface area (Å²) in [7, 11) is -3.70. The molecule has 0 atom stereocenters. The van der Waals surface area contributed by atoms with Gasteiger partial charge in [0.2, 0.25) is 10.0 Å². The van der Waals surface area contributed by atoms with Gasteiger partial charge in [-0.15, -0.1) is 0 Å². The van der Waals surface area contributed by atoms with Gasteiger partial charge in [-0.3, -0.25) is 4.79 Å². The normalized spacial score (nSPS) is 12.2. The van der Waals surface area contributed by atoms with Gasteiger partial charge in [0.15, 0.2) is 0 Å². The minimum atomic E-state index is -3.70. The number of benzene rings is 2. The van der Waals surface area contributed by atoms with Crippen LogP contribution in [-0.4, -0.2) is 24.3 Å². The summed E-state index contributed by atoms with van der Waals surface area (Å²) in [4.78, 5) is 15.6. The second-order valence-electron chi connectivity index (χ2n) is 7.22. The zero-order chi connectivity index (χ0) is 19.6. The van der Waals surface area contributed by atoms with Gasteiger partial charge in [-0.05, 0) is 42.5 Å². The number of aromatic nitrogens is 1. The first kappa shape index (κ1) is 19.3. The van der Waals surface area contributed by atoms with Crippen molar-refractivity contribution in [1.82, 2.24) is 9.29 Å². The summed E-state index contributed by atoms with van der Waals surface area (Å²) in [6.45, 7) is 6.21. The van der Waals surface area contributed by atoms with Crippen molar-refractivity contribution in [2.24, 2.45) is 5.92 Å². The number of sulfonamides is 1. The van der Waals surface area contributed by atoms with Crippen LogP contribution in [0.3, 0.4) is 0 Å². The molecule has 0 saturated heterocycles. The molecule has 142 valence electrons. The molecule has 0 aliphatic carbocycles. The van der Waals surface area contributed by atoms with E-state index in [1.807, 2.05) is 45.0 Å².